The molecule has 0 bridgehead atoms. The Morgan fingerprint density at radius 1 is 1.41 bits per heavy atom. The summed E-state index contributed by atoms with van der Waals surface area (Å²) in [7, 11) is 0. The maximum atomic E-state index is 13.7. The van der Waals surface area contributed by atoms with Gasteiger partial charge in [-0.05, 0) is 35.0 Å². The van der Waals surface area contributed by atoms with Crippen LogP contribution in [0.4, 0.5) is 10.1 Å². The van der Waals surface area contributed by atoms with Crippen molar-refractivity contribution in [1.29, 1.82) is 0 Å². The van der Waals surface area contributed by atoms with E-state index in [0.29, 0.717) is 5.69 Å². The minimum atomic E-state index is -0.620. The summed E-state index contributed by atoms with van der Waals surface area (Å²) in [5.41, 5.74) is 0.867. The normalized spacial score (nSPS) is 10.5. The minimum Gasteiger partial charge on any atom is -0.317 e. The first kappa shape index (κ1) is 11.8. The summed E-state index contributed by atoms with van der Waals surface area (Å²) in [5, 5.41) is 10.5. The van der Waals surface area contributed by atoms with Crippen molar-refractivity contribution in [2.75, 3.05) is 0 Å². The molecule has 0 N–H and O–H groups in total. The van der Waals surface area contributed by atoms with Crippen LogP contribution in [0.2, 0.25) is 0 Å². The molecular weight excluding hydrogens is 291 g/mol. The second kappa shape index (κ2) is 4.29. The van der Waals surface area contributed by atoms with E-state index in [1.165, 1.54) is 12.1 Å². The largest absolute Gasteiger partial charge is 0.317 e. The summed E-state index contributed by atoms with van der Waals surface area (Å²) < 4.78 is 16.2. The zero-order valence-electron chi connectivity index (χ0n) is 8.85. The van der Waals surface area contributed by atoms with Gasteiger partial charge in [-0.1, -0.05) is 0 Å². The van der Waals surface area contributed by atoms with E-state index in [0.717, 1.165) is 16.2 Å². The Hall–Kier alpha value is -1.69. The molecule has 17 heavy (non-hydrogen) atoms. The molecule has 2 aromatic rings. The number of benzene rings is 1. The van der Waals surface area contributed by atoms with Gasteiger partial charge in [0.1, 0.15) is 0 Å². The molecule has 6 heteroatoms. The van der Waals surface area contributed by atoms with Crippen molar-refractivity contribution in [3.63, 3.8) is 0 Å². The van der Waals surface area contributed by atoms with Gasteiger partial charge in [0.25, 0.3) is 5.69 Å². The van der Waals surface area contributed by atoms with Crippen LogP contribution >= 0.6 is 15.9 Å². The summed E-state index contributed by atoms with van der Waals surface area (Å²) in [6.07, 6.45) is 1.70. The lowest BCUT2D eigenvalue weighted by molar-refractivity contribution is -0.385. The fourth-order valence-electron chi connectivity index (χ4n) is 1.55. The molecule has 0 saturated heterocycles. The van der Waals surface area contributed by atoms with E-state index in [1.54, 1.807) is 16.8 Å². The van der Waals surface area contributed by atoms with Gasteiger partial charge in [0, 0.05) is 22.4 Å². The maximum absolute atomic E-state index is 13.7. The molecule has 0 fully saturated rings. The molecule has 88 valence electrons. The van der Waals surface area contributed by atoms with Crippen LogP contribution < -0.4 is 0 Å². The monoisotopic (exact) mass is 298 g/mol. The Balaban J connectivity index is 2.54. The fourth-order valence-corrected chi connectivity index (χ4v) is 1.86. The highest BCUT2D eigenvalue weighted by Gasteiger charge is 2.13. The predicted molar refractivity (Wildman–Crippen MR) is 64.8 cm³/mol. The van der Waals surface area contributed by atoms with E-state index >= 15 is 0 Å². The number of non-ortho nitro benzene ring substituents is 1. The van der Waals surface area contributed by atoms with Crippen LogP contribution in [-0.4, -0.2) is 9.49 Å². The molecule has 0 unspecified atom stereocenters. The summed E-state index contributed by atoms with van der Waals surface area (Å²) in [6.45, 7) is 1.82. The van der Waals surface area contributed by atoms with Crippen molar-refractivity contribution < 1.29 is 9.31 Å². The van der Waals surface area contributed by atoms with E-state index in [-0.39, 0.29) is 5.69 Å². The molecule has 0 aliphatic carbocycles. The van der Waals surface area contributed by atoms with Crippen molar-refractivity contribution in [2.24, 2.45) is 0 Å². The van der Waals surface area contributed by atoms with Gasteiger partial charge in [-0.2, -0.15) is 0 Å². The minimum absolute atomic E-state index is 0.255. The number of nitrogens with zero attached hydrogens (tertiary/aromatic N) is 2. The van der Waals surface area contributed by atoms with Gasteiger partial charge >= 0.3 is 0 Å². The summed E-state index contributed by atoms with van der Waals surface area (Å²) in [6, 6.07) is 5.39. The maximum Gasteiger partial charge on any atom is 0.272 e. The van der Waals surface area contributed by atoms with Crippen LogP contribution in [0.5, 0.6) is 0 Å². The first-order chi connectivity index (χ1) is 8.00. The molecule has 0 amide bonds. The lowest BCUT2D eigenvalue weighted by atomic mass is 10.2. The molecule has 0 radical (unpaired) electrons. The lowest BCUT2D eigenvalue weighted by Crippen LogP contribution is -1.99. The van der Waals surface area contributed by atoms with Gasteiger partial charge < -0.3 is 4.57 Å². The van der Waals surface area contributed by atoms with Gasteiger partial charge in [0.2, 0.25) is 0 Å². The van der Waals surface area contributed by atoms with Gasteiger partial charge in [-0.3, -0.25) is 10.1 Å². The molecule has 0 aliphatic heterocycles. The van der Waals surface area contributed by atoms with Crippen molar-refractivity contribution in [3.05, 3.63) is 56.6 Å². The highest BCUT2D eigenvalue weighted by molar-refractivity contribution is 9.10. The molecule has 2 rings (SSSR count). The van der Waals surface area contributed by atoms with Crippen LogP contribution in [0.1, 0.15) is 5.69 Å². The number of hydrogen-bond acceptors (Lipinski definition) is 2. The number of hydrogen-bond donors (Lipinski definition) is 0. The number of nitro groups is 1. The SMILES string of the molecule is Cc1c(Br)ccn1-c1ccc([N+](=O)[O-])cc1F. The molecule has 0 spiro atoms. The Morgan fingerprint density at radius 3 is 2.59 bits per heavy atom. The van der Waals surface area contributed by atoms with Gasteiger partial charge in [-0.15, -0.1) is 0 Å². The van der Waals surface area contributed by atoms with Crippen LogP contribution in [0.15, 0.2) is 34.9 Å². The third kappa shape index (κ3) is 2.08. The standard InChI is InChI=1S/C11H8BrFN2O2/c1-7-9(12)4-5-14(7)11-3-2-8(15(16)17)6-10(11)13/h2-6H,1H3. The van der Waals surface area contributed by atoms with Gasteiger partial charge in [0.05, 0.1) is 16.7 Å². The van der Waals surface area contributed by atoms with Crippen molar-refractivity contribution in [3.8, 4) is 5.69 Å². The first-order valence-corrected chi connectivity index (χ1v) is 5.58. The average Bonchev–Trinajstić information content (AvgIpc) is 2.60. The second-order valence-electron chi connectivity index (χ2n) is 3.51. The molecule has 4 nitrogen and oxygen atoms in total. The molecular formula is C11H8BrFN2O2. The molecule has 1 aromatic carbocycles. The topological polar surface area (TPSA) is 48.1 Å². The number of nitro benzene ring substituents is 1. The van der Waals surface area contributed by atoms with Crippen LogP contribution in [0.3, 0.4) is 0 Å². The number of rotatable bonds is 2. The molecule has 0 aliphatic rings. The quantitative estimate of drug-likeness (QED) is 0.628. The van der Waals surface area contributed by atoms with E-state index in [2.05, 4.69) is 15.9 Å². The van der Waals surface area contributed by atoms with Crippen LogP contribution in [0, 0.1) is 22.9 Å². The zero-order valence-corrected chi connectivity index (χ0v) is 10.4. The molecule has 0 saturated carbocycles. The predicted octanol–water partition coefficient (Wildman–Crippen LogP) is 3.60. The van der Waals surface area contributed by atoms with E-state index in [9.17, 15) is 14.5 Å². The van der Waals surface area contributed by atoms with Crippen molar-refractivity contribution >= 4 is 21.6 Å². The summed E-state index contributed by atoms with van der Waals surface area (Å²) in [5.74, 6) is -0.620. The molecule has 1 heterocycles. The second-order valence-corrected chi connectivity index (χ2v) is 4.37. The fraction of sp³-hybridized carbons (Fsp3) is 0.0909. The van der Waals surface area contributed by atoms with Crippen LogP contribution in [-0.2, 0) is 0 Å². The van der Waals surface area contributed by atoms with E-state index in [4.69, 9.17) is 0 Å². The third-order valence-corrected chi connectivity index (χ3v) is 3.32. The lowest BCUT2D eigenvalue weighted by Gasteiger charge is -2.07. The summed E-state index contributed by atoms with van der Waals surface area (Å²) >= 11 is 3.32. The molecule has 0 atom stereocenters. The highest BCUT2D eigenvalue weighted by Crippen LogP contribution is 2.25. The van der Waals surface area contributed by atoms with Crippen LogP contribution in [0.25, 0.3) is 5.69 Å². The smallest absolute Gasteiger partial charge is 0.272 e. The van der Waals surface area contributed by atoms with Crippen molar-refractivity contribution in [1.82, 2.24) is 4.57 Å². The Kier molecular flexibility index (Phi) is 2.97. The Bertz CT molecular complexity index is 595. The van der Waals surface area contributed by atoms with E-state index < -0.39 is 10.7 Å². The highest BCUT2D eigenvalue weighted by atomic mass is 79.9. The van der Waals surface area contributed by atoms with Gasteiger partial charge in [-0.25, -0.2) is 4.39 Å². The Labute approximate surface area is 105 Å². The number of halogens is 2. The van der Waals surface area contributed by atoms with Gasteiger partial charge in [0.15, 0.2) is 5.82 Å². The molecule has 1 aromatic heterocycles. The number of aromatic nitrogens is 1. The van der Waals surface area contributed by atoms with Crippen molar-refractivity contribution in [2.45, 2.75) is 6.92 Å². The average molecular weight is 299 g/mol. The third-order valence-electron chi connectivity index (χ3n) is 2.48. The van der Waals surface area contributed by atoms with E-state index in [1.807, 2.05) is 6.92 Å². The first-order valence-electron chi connectivity index (χ1n) is 4.78. The summed E-state index contributed by atoms with van der Waals surface area (Å²) in [4.78, 5) is 9.88. The zero-order chi connectivity index (χ0) is 12.6. The Morgan fingerprint density at radius 2 is 2.12 bits per heavy atom.